The Labute approximate surface area is 103 Å². The molecule has 0 saturated heterocycles. The molecule has 2 heteroatoms. The molecule has 0 fully saturated rings. The Kier molecular flexibility index (Phi) is 4.50. The summed E-state index contributed by atoms with van der Waals surface area (Å²) in [5.41, 5.74) is 2.64. The molecule has 0 aliphatic rings. The van der Waals surface area contributed by atoms with Gasteiger partial charge in [-0.15, -0.1) is 0 Å². The predicted octanol–water partition coefficient (Wildman–Crippen LogP) is 3.69. The average Bonchev–Trinajstić information content (AvgIpc) is 2.28. The maximum atomic E-state index is 11.5. The van der Waals surface area contributed by atoms with Crippen molar-refractivity contribution in [1.29, 1.82) is 0 Å². The molecular weight excluding hydrogens is 212 g/mol. The number of rotatable bonds is 4. The molecule has 1 aromatic rings. The van der Waals surface area contributed by atoms with Crippen LogP contribution in [0.4, 0.5) is 0 Å². The summed E-state index contributed by atoms with van der Waals surface area (Å²) in [4.78, 5) is 11.5. The predicted molar refractivity (Wildman–Crippen MR) is 70.0 cm³/mol. The van der Waals surface area contributed by atoms with Crippen LogP contribution in [0.25, 0.3) is 0 Å². The average molecular weight is 231 g/mol. The highest BCUT2D eigenvalue weighted by atomic mass is 16.5. The zero-order valence-corrected chi connectivity index (χ0v) is 11.0. The highest BCUT2D eigenvalue weighted by molar-refractivity contribution is 5.89. The van der Waals surface area contributed by atoms with Crippen molar-refractivity contribution in [3.63, 3.8) is 0 Å². The summed E-state index contributed by atoms with van der Waals surface area (Å²) in [5, 5.41) is 0. The Morgan fingerprint density at radius 2 is 1.94 bits per heavy atom. The third-order valence-electron chi connectivity index (χ3n) is 2.58. The molecule has 0 saturated carbocycles. The number of hydrogen-bond donors (Lipinski definition) is 0. The quantitative estimate of drug-likeness (QED) is 0.449. The molecule has 0 bridgehead atoms. The van der Waals surface area contributed by atoms with E-state index in [2.05, 4.69) is 27.4 Å². The normalized spacial score (nSPS) is 10.4. The van der Waals surface area contributed by atoms with Crippen LogP contribution in [0, 0.1) is 5.92 Å². The third kappa shape index (κ3) is 3.19. The molecule has 0 N–H and O–H groups in total. The highest BCUT2D eigenvalue weighted by Crippen LogP contribution is 2.28. The Morgan fingerprint density at radius 1 is 1.29 bits per heavy atom. The highest BCUT2D eigenvalue weighted by Gasteiger charge is 2.13. The topological polar surface area (TPSA) is 26.3 Å². The van der Waals surface area contributed by atoms with Crippen molar-refractivity contribution < 1.29 is 9.53 Å². The lowest BCUT2D eigenvalue weighted by atomic mass is 9.95. The molecule has 0 aliphatic carbocycles. The number of ether oxygens (including phenoxy) is 1. The van der Waals surface area contributed by atoms with Crippen molar-refractivity contribution in [2.45, 2.75) is 34.1 Å². The molecule has 1 radical (unpaired) electrons. The fourth-order valence-electron chi connectivity index (χ4n) is 1.68. The molecule has 1 rings (SSSR count). The first-order valence-corrected chi connectivity index (χ1v) is 5.77. The van der Waals surface area contributed by atoms with E-state index in [0.717, 1.165) is 17.5 Å². The summed E-state index contributed by atoms with van der Waals surface area (Å²) in [5.74, 6) is 1.49. The maximum Gasteiger partial charge on any atom is 0.338 e. The number of hydrogen-bond acceptors (Lipinski definition) is 2. The van der Waals surface area contributed by atoms with Crippen LogP contribution in [0.2, 0.25) is 0 Å². The van der Waals surface area contributed by atoms with Gasteiger partial charge in [-0.1, -0.05) is 39.5 Å². The molecule has 2 nitrogen and oxygen atoms in total. The lowest BCUT2D eigenvalue weighted by molar-refractivity contribution is -0.130. The zero-order chi connectivity index (χ0) is 13.0. The summed E-state index contributed by atoms with van der Waals surface area (Å²) in [7, 11) is 0. The van der Waals surface area contributed by atoms with Crippen LogP contribution >= 0.6 is 0 Å². The molecule has 0 heterocycles. The van der Waals surface area contributed by atoms with Crippen molar-refractivity contribution in [1.82, 2.24) is 0 Å². The van der Waals surface area contributed by atoms with Crippen LogP contribution in [0.3, 0.4) is 0 Å². The van der Waals surface area contributed by atoms with Crippen LogP contribution in [0.1, 0.15) is 38.8 Å². The minimum Gasteiger partial charge on any atom is -0.423 e. The van der Waals surface area contributed by atoms with Crippen molar-refractivity contribution >= 4 is 5.97 Å². The number of benzene rings is 1. The van der Waals surface area contributed by atoms with Crippen LogP contribution in [-0.4, -0.2) is 5.97 Å². The standard InChI is InChI=1S/C15H19O2/c1-6-12-13(10(2)3)8-7-9-14(12)17-15(16)11(4)5/h7-9H,4,6H2,1-3,5H3. The minimum absolute atomic E-state index is 0.370. The Hall–Kier alpha value is -1.57. The summed E-state index contributed by atoms with van der Waals surface area (Å²) in [6.07, 6.45) is 0.833. The fraction of sp³-hybridized carbons (Fsp3) is 0.333. The van der Waals surface area contributed by atoms with E-state index < -0.39 is 0 Å². The Balaban J connectivity index is 3.11. The summed E-state index contributed by atoms with van der Waals surface area (Å²) in [6.45, 7) is 11.4. The van der Waals surface area contributed by atoms with E-state index in [1.165, 1.54) is 5.92 Å². The van der Waals surface area contributed by atoms with Gasteiger partial charge in [-0.2, -0.15) is 0 Å². The molecule has 0 spiro atoms. The van der Waals surface area contributed by atoms with Gasteiger partial charge in [0, 0.05) is 5.57 Å². The Bertz CT molecular complexity index is 431. The van der Waals surface area contributed by atoms with Gasteiger partial charge in [-0.3, -0.25) is 0 Å². The van der Waals surface area contributed by atoms with Crippen molar-refractivity contribution in [3.05, 3.63) is 47.4 Å². The van der Waals surface area contributed by atoms with E-state index in [0.29, 0.717) is 11.3 Å². The second-order valence-corrected chi connectivity index (χ2v) is 4.31. The van der Waals surface area contributed by atoms with Crippen molar-refractivity contribution in [2.24, 2.45) is 0 Å². The smallest absolute Gasteiger partial charge is 0.338 e. The van der Waals surface area contributed by atoms with Gasteiger partial charge in [0.05, 0.1) is 0 Å². The second kappa shape index (κ2) is 5.67. The van der Waals surface area contributed by atoms with E-state index in [4.69, 9.17) is 4.74 Å². The SMILES string of the molecule is C=C(C)C(=O)Oc1cccc([C](C)C)c1CC. The first kappa shape index (κ1) is 13.5. The minimum atomic E-state index is -0.370. The first-order chi connectivity index (χ1) is 7.97. The Morgan fingerprint density at radius 3 is 2.41 bits per heavy atom. The molecule has 0 atom stereocenters. The van der Waals surface area contributed by atoms with Crippen LogP contribution < -0.4 is 4.74 Å². The lowest BCUT2D eigenvalue weighted by Crippen LogP contribution is -2.10. The molecule has 0 amide bonds. The fourth-order valence-corrected chi connectivity index (χ4v) is 1.68. The van der Waals surface area contributed by atoms with E-state index in [-0.39, 0.29) is 5.97 Å². The van der Waals surface area contributed by atoms with Crippen molar-refractivity contribution in [3.8, 4) is 5.75 Å². The largest absolute Gasteiger partial charge is 0.423 e. The zero-order valence-electron chi connectivity index (χ0n) is 11.0. The van der Waals surface area contributed by atoms with Gasteiger partial charge >= 0.3 is 5.97 Å². The molecule has 0 unspecified atom stereocenters. The lowest BCUT2D eigenvalue weighted by Gasteiger charge is -2.15. The van der Waals surface area contributed by atoms with Gasteiger partial charge in [0.2, 0.25) is 0 Å². The number of carbonyl (C=O) groups is 1. The molecule has 91 valence electrons. The maximum absolute atomic E-state index is 11.5. The molecule has 17 heavy (non-hydrogen) atoms. The van der Waals surface area contributed by atoms with Gasteiger partial charge < -0.3 is 4.74 Å². The molecule has 0 aliphatic heterocycles. The molecular formula is C15H19O2. The van der Waals surface area contributed by atoms with E-state index in [1.54, 1.807) is 6.92 Å². The third-order valence-corrected chi connectivity index (χ3v) is 2.58. The first-order valence-electron chi connectivity index (χ1n) is 5.77. The van der Waals surface area contributed by atoms with Crippen LogP contribution in [0.15, 0.2) is 30.4 Å². The van der Waals surface area contributed by atoms with E-state index in [9.17, 15) is 4.79 Å². The summed E-state index contributed by atoms with van der Waals surface area (Å²) >= 11 is 0. The van der Waals surface area contributed by atoms with E-state index >= 15 is 0 Å². The number of esters is 1. The molecule has 0 aromatic heterocycles. The van der Waals surface area contributed by atoms with Gasteiger partial charge in [0.15, 0.2) is 0 Å². The molecule has 1 aromatic carbocycles. The van der Waals surface area contributed by atoms with E-state index in [1.807, 2.05) is 18.2 Å². The van der Waals surface area contributed by atoms with Crippen molar-refractivity contribution in [2.75, 3.05) is 0 Å². The summed E-state index contributed by atoms with van der Waals surface area (Å²) < 4.78 is 5.34. The monoisotopic (exact) mass is 231 g/mol. The second-order valence-electron chi connectivity index (χ2n) is 4.31. The van der Waals surface area contributed by atoms with Crippen LogP contribution in [0.5, 0.6) is 5.75 Å². The van der Waals surface area contributed by atoms with Gasteiger partial charge in [0.1, 0.15) is 5.75 Å². The van der Waals surface area contributed by atoms with Crippen LogP contribution in [-0.2, 0) is 11.2 Å². The number of carbonyl (C=O) groups excluding carboxylic acids is 1. The summed E-state index contributed by atoms with van der Waals surface area (Å²) in [6, 6.07) is 5.78. The van der Waals surface area contributed by atoms with Gasteiger partial charge in [-0.05, 0) is 36.5 Å². The van der Waals surface area contributed by atoms with Gasteiger partial charge in [-0.25, -0.2) is 4.79 Å². The van der Waals surface area contributed by atoms with Gasteiger partial charge in [0.25, 0.3) is 0 Å².